The molecule has 0 radical (unpaired) electrons. The predicted octanol–water partition coefficient (Wildman–Crippen LogP) is 8.70. The highest BCUT2D eigenvalue weighted by molar-refractivity contribution is 6.01. The third-order valence-electron chi connectivity index (χ3n) is 10.9. The van der Waals surface area contributed by atoms with E-state index in [1.807, 2.05) is 147 Å². The Labute approximate surface area is 406 Å². The summed E-state index contributed by atoms with van der Waals surface area (Å²) in [6, 6.07) is -1.22. The van der Waals surface area contributed by atoms with E-state index in [-0.39, 0.29) is 62.9 Å². The molecule has 0 aromatic rings. The Morgan fingerprint density at radius 1 is 0.609 bits per heavy atom. The maximum absolute atomic E-state index is 13.2. The predicted molar refractivity (Wildman–Crippen MR) is 265 cm³/mol. The van der Waals surface area contributed by atoms with Gasteiger partial charge in [0.25, 0.3) is 0 Å². The lowest BCUT2D eigenvalue weighted by molar-refractivity contribution is -0.178. The molecule has 2 rings (SSSR count). The van der Waals surface area contributed by atoms with Gasteiger partial charge in [-0.2, -0.15) is 0 Å². The van der Waals surface area contributed by atoms with E-state index in [0.29, 0.717) is 17.8 Å². The maximum Gasteiger partial charge on any atom is 0.328 e. The molecule has 6 N–H and O–H groups in total. The molecule has 0 aromatic heterocycles. The summed E-state index contributed by atoms with van der Waals surface area (Å²) in [5.41, 5.74) is 5.61. The summed E-state index contributed by atoms with van der Waals surface area (Å²) in [7, 11) is 0. The fourth-order valence-electron chi connectivity index (χ4n) is 7.18. The molecule has 2 atom stereocenters. The number of ether oxygens (including phenoxy) is 3. The van der Waals surface area contributed by atoms with Crippen molar-refractivity contribution >= 4 is 41.7 Å². The number of amides is 4. The van der Waals surface area contributed by atoms with Gasteiger partial charge in [-0.3, -0.25) is 24.0 Å². The number of hydrogen-bond donors (Lipinski definition) is 6. The van der Waals surface area contributed by atoms with Crippen molar-refractivity contribution in [2.24, 2.45) is 10.8 Å². The molecule has 0 fully saturated rings. The molecule has 1 heterocycles. The lowest BCUT2D eigenvalue weighted by atomic mass is 9.71. The topological polar surface area (TPSA) is 236 Å². The molecule has 16 nitrogen and oxygen atoms in total. The Balaban J connectivity index is 1.88. The SMILES string of the molecule is CC(C=CC=C(C)C=CC1=C(C)OC(OC(=O)CNC(=O)NCCCC(=O)O)CC1(C)C)=CC=CC=C(C)C=CC=C(C)C=CC1=C(C)C(=O)C(OC(=O)CNC(=O)NCCCC(=O)O)CC1(C)C. The van der Waals surface area contributed by atoms with Crippen molar-refractivity contribution < 1.29 is 58.0 Å². The molecule has 0 bridgehead atoms. The highest BCUT2D eigenvalue weighted by atomic mass is 16.7. The number of allylic oxidation sites excluding steroid dienone is 21. The van der Waals surface area contributed by atoms with Gasteiger partial charge in [0.15, 0.2) is 11.9 Å². The number of carboxylic acid groups (broad SMARTS) is 2. The number of hydrogen-bond acceptors (Lipinski definition) is 10. The minimum Gasteiger partial charge on any atom is -0.481 e. The molecule has 2 aliphatic rings. The number of ketones is 1. The number of carboxylic acids is 2. The summed E-state index contributed by atoms with van der Waals surface area (Å²) in [5, 5.41) is 27.1. The monoisotopic (exact) mass is 957 g/mol. The third-order valence-corrected chi connectivity index (χ3v) is 10.9. The van der Waals surface area contributed by atoms with Crippen molar-refractivity contribution in [1.29, 1.82) is 0 Å². The van der Waals surface area contributed by atoms with E-state index in [1.165, 1.54) is 0 Å². The number of nitrogens with one attached hydrogen (secondary N) is 4. The van der Waals surface area contributed by atoms with E-state index in [2.05, 4.69) is 21.3 Å². The number of rotatable bonds is 24. The fourth-order valence-corrected chi connectivity index (χ4v) is 7.18. The fraction of sp³-hybridized carbons (Fsp3) is 0.453. The first-order valence-electron chi connectivity index (χ1n) is 23.0. The average Bonchev–Trinajstić information content (AvgIpc) is 3.24. The molecule has 69 heavy (non-hydrogen) atoms. The van der Waals surface area contributed by atoms with Gasteiger partial charge in [0.2, 0.25) is 6.29 Å². The van der Waals surface area contributed by atoms with E-state index >= 15 is 0 Å². The number of Topliss-reactive ketones (excluding diaryl/α,β-unsaturated/α-hetero) is 1. The van der Waals surface area contributed by atoms with Crippen LogP contribution < -0.4 is 21.3 Å². The molecular formula is C53H72N4O12. The lowest BCUT2D eigenvalue weighted by Gasteiger charge is -2.37. The molecule has 1 aliphatic carbocycles. The van der Waals surface area contributed by atoms with Crippen molar-refractivity contribution in [3.8, 4) is 0 Å². The van der Waals surface area contributed by atoms with Gasteiger partial charge in [0.05, 0.1) is 0 Å². The van der Waals surface area contributed by atoms with Gasteiger partial charge < -0.3 is 45.7 Å². The molecule has 1 aliphatic heterocycles. The summed E-state index contributed by atoms with van der Waals surface area (Å²) in [6.45, 7) is 19.1. The minimum absolute atomic E-state index is 0.0649. The van der Waals surface area contributed by atoms with Gasteiger partial charge in [-0.1, -0.05) is 135 Å². The van der Waals surface area contributed by atoms with Crippen molar-refractivity contribution in [3.05, 3.63) is 130 Å². The number of carbonyl (C=O) groups is 7. The van der Waals surface area contributed by atoms with Gasteiger partial charge in [-0.05, 0) is 76.5 Å². The van der Waals surface area contributed by atoms with Gasteiger partial charge in [0.1, 0.15) is 18.8 Å². The van der Waals surface area contributed by atoms with Crippen LogP contribution >= 0.6 is 0 Å². The summed E-state index contributed by atoms with van der Waals surface area (Å²) in [5.74, 6) is -2.96. The first-order chi connectivity index (χ1) is 32.4. The van der Waals surface area contributed by atoms with Crippen molar-refractivity contribution in [3.63, 3.8) is 0 Å². The first kappa shape index (κ1) is 58.2. The molecule has 0 saturated carbocycles. The van der Waals surface area contributed by atoms with Gasteiger partial charge in [-0.15, -0.1) is 0 Å². The Kier molecular flexibility index (Phi) is 24.5. The van der Waals surface area contributed by atoms with Gasteiger partial charge in [-0.25, -0.2) is 9.59 Å². The van der Waals surface area contributed by atoms with E-state index in [0.717, 1.165) is 33.4 Å². The highest BCUT2D eigenvalue weighted by Gasteiger charge is 2.40. The van der Waals surface area contributed by atoms with E-state index < -0.39 is 60.3 Å². The van der Waals surface area contributed by atoms with Crippen LogP contribution in [0.1, 0.15) is 108 Å². The zero-order valence-electron chi connectivity index (χ0n) is 41.8. The van der Waals surface area contributed by atoms with Crippen LogP contribution in [0.5, 0.6) is 0 Å². The second-order valence-electron chi connectivity index (χ2n) is 18.2. The van der Waals surface area contributed by atoms with E-state index in [1.54, 1.807) is 6.92 Å². The molecule has 4 amide bonds. The molecule has 376 valence electrons. The second-order valence-corrected chi connectivity index (χ2v) is 18.2. The maximum atomic E-state index is 13.2. The lowest BCUT2D eigenvalue weighted by Crippen LogP contribution is -2.43. The van der Waals surface area contributed by atoms with Gasteiger partial charge in [0, 0.05) is 44.2 Å². The number of aliphatic carboxylic acids is 2. The molecular weight excluding hydrogens is 885 g/mol. The quantitative estimate of drug-likeness (QED) is 0.0303. The highest BCUT2D eigenvalue weighted by Crippen LogP contribution is 2.42. The normalized spacial score (nSPS) is 19.1. The standard InChI is InChI=1S/C53H72N4O12/c1-35(19-13-21-37(3)25-27-41-39(5)49(64)43(31-52(41,7)8)68-46(62)33-56-50(65)54-29-15-23-44(58)59)17-11-12-18-36(2)20-14-22-38(4)26-28-42-40(6)67-48(32-53(42,9)10)69-47(63)34-57-51(66)55-30-16-24-45(60)61/h11-14,17-22,25-28,43,48H,15-16,23-24,29-34H2,1-10H3,(H,58,59)(H,60,61)(H2,54,56,65)(H2,55,57,66). The molecule has 0 aromatic carbocycles. The van der Waals surface area contributed by atoms with E-state index in [4.69, 9.17) is 24.4 Å². The van der Waals surface area contributed by atoms with Crippen LogP contribution in [0.15, 0.2) is 130 Å². The Morgan fingerprint density at radius 2 is 1.03 bits per heavy atom. The largest absolute Gasteiger partial charge is 0.481 e. The smallest absolute Gasteiger partial charge is 0.328 e. The second kappa shape index (κ2) is 29.0. The zero-order chi connectivity index (χ0) is 51.7. The number of urea groups is 2. The van der Waals surface area contributed by atoms with Crippen LogP contribution in [-0.2, 0) is 38.2 Å². The van der Waals surface area contributed by atoms with Gasteiger partial charge >= 0.3 is 35.9 Å². The zero-order valence-corrected chi connectivity index (χ0v) is 41.8. The summed E-state index contributed by atoms with van der Waals surface area (Å²) in [4.78, 5) is 83.0. The van der Waals surface area contributed by atoms with Crippen molar-refractivity contribution in [2.45, 2.75) is 120 Å². The third kappa shape index (κ3) is 23.1. The summed E-state index contributed by atoms with van der Waals surface area (Å²) in [6.07, 6.45) is 27.1. The van der Waals surface area contributed by atoms with E-state index in [9.17, 15) is 33.6 Å². The Hall–Kier alpha value is -6.97. The van der Waals surface area contributed by atoms with Crippen LogP contribution in [0, 0.1) is 10.8 Å². The van der Waals surface area contributed by atoms with Crippen LogP contribution in [0.2, 0.25) is 0 Å². The van der Waals surface area contributed by atoms with Crippen LogP contribution in [0.25, 0.3) is 0 Å². The summed E-state index contributed by atoms with van der Waals surface area (Å²) < 4.78 is 16.9. The molecule has 16 heteroatoms. The van der Waals surface area contributed by atoms with Crippen molar-refractivity contribution in [1.82, 2.24) is 21.3 Å². The molecule has 0 spiro atoms. The first-order valence-corrected chi connectivity index (χ1v) is 23.0. The average molecular weight is 957 g/mol. The molecule has 2 unspecified atom stereocenters. The Bertz CT molecular complexity index is 2240. The van der Waals surface area contributed by atoms with Crippen LogP contribution in [-0.4, -0.2) is 90.5 Å². The van der Waals surface area contributed by atoms with Crippen molar-refractivity contribution in [2.75, 3.05) is 26.2 Å². The number of esters is 2. The molecule has 0 saturated heterocycles. The Morgan fingerprint density at radius 3 is 1.49 bits per heavy atom. The minimum atomic E-state index is -0.974. The number of carbonyl (C=O) groups excluding carboxylic acids is 5. The van der Waals surface area contributed by atoms with Crippen LogP contribution in [0.4, 0.5) is 9.59 Å². The summed E-state index contributed by atoms with van der Waals surface area (Å²) >= 11 is 0. The van der Waals surface area contributed by atoms with Crippen LogP contribution in [0.3, 0.4) is 0 Å².